The minimum atomic E-state index is 0.685. The van der Waals surface area contributed by atoms with Crippen molar-refractivity contribution in [2.45, 2.75) is 6.92 Å². The van der Waals surface area contributed by atoms with Crippen molar-refractivity contribution in [1.29, 1.82) is 0 Å². The van der Waals surface area contributed by atoms with Crippen LogP contribution >= 0.6 is 0 Å². The molecule has 3 aromatic heterocycles. The van der Waals surface area contributed by atoms with E-state index in [0.29, 0.717) is 5.95 Å². The lowest BCUT2D eigenvalue weighted by molar-refractivity contribution is 0.641. The lowest BCUT2D eigenvalue weighted by Crippen LogP contribution is -2.47. The lowest BCUT2D eigenvalue weighted by Gasteiger charge is -2.36. The number of aromatic nitrogens is 5. The molecule has 0 unspecified atom stereocenters. The van der Waals surface area contributed by atoms with Gasteiger partial charge in [-0.3, -0.25) is 0 Å². The van der Waals surface area contributed by atoms with Crippen LogP contribution in [0.1, 0.15) is 6.92 Å². The van der Waals surface area contributed by atoms with Crippen molar-refractivity contribution < 1.29 is 0 Å². The van der Waals surface area contributed by atoms with Gasteiger partial charge in [0, 0.05) is 51.2 Å². The molecular weight excluding hydrogens is 304 g/mol. The van der Waals surface area contributed by atoms with Gasteiger partial charge in [0.05, 0.1) is 6.20 Å². The van der Waals surface area contributed by atoms with Gasteiger partial charge in [-0.05, 0) is 19.1 Å². The van der Waals surface area contributed by atoms with Gasteiger partial charge >= 0.3 is 0 Å². The number of nitrogens with zero attached hydrogens (tertiary/aromatic N) is 7. The molecule has 1 fully saturated rings. The molecule has 0 atom stereocenters. The fourth-order valence-corrected chi connectivity index (χ4v) is 2.91. The van der Waals surface area contributed by atoms with Crippen LogP contribution in [-0.4, -0.2) is 57.3 Å². The molecule has 1 saturated heterocycles. The molecule has 0 aromatic carbocycles. The van der Waals surface area contributed by atoms with E-state index in [4.69, 9.17) is 0 Å². The van der Waals surface area contributed by atoms with Crippen LogP contribution in [0.15, 0.2) is 36.8 Å². The maximum atomic E-state index is 4.67. The van der Waals surface area contributed by atoms with Crippen molar-refractivity contribution in [3.05, 3.63) is 36.8 Å². The number of rotatable bonds is 4. The Morgan fingerprint density at radius 2 is 1.71 bits per heavy atom. The largest absolute Gasteiger partial charge is 0.354 e. The fraction of sp³-hybridized carbons (Fsp3) is 0.375. The first-order chi connectivity index (χ1) is 11.8. The first-order valence-electron chi connectivity index (χ1n) is 8.21. The Hall–Kier alpha value is -2.90. The number of piperazine rings is 1. The van der Waals surface area contributed by atoms with Crippen molar-refractivity contribution in [2.75, 3.05) is 47.8 Å². The molecule has 1 N–H and O–H groups in total. The van der Waals surface area contributed by atoms with Gasteiger partial charge in [0.2, 0.25) is 5.95 Å². The van der Waals surface area contributed by atoms with Gasteiger partial charge in [-0.25, -0.2) is 14.5 Å². The Morgan fingerprint density at radius 1 is 0.958 bits per heavy atom. The van der Waals surface area contributed by atoms with Crippen molar-refractivity contribution in [3.63, 3.8) is 0 Å². The van der Waals surface area contributed by atoms with Crippen LogP contribution in [0.5, 0.6) is 0 Å². The average Bonchev–Trinajstić information content (AvgIpc) is 3.10. The zero-order valence-corrected chi connectivity index (χ0v) is 13.6. The molecule has 4 heterocycles. The fourth-order valence-electron chi connectivity index (χ4n) is 2.91. The molecule has 8 heteroatoms. The third-order valence-electron chi connectivity index (χ3n) is 4.15. The predicted octanol–water partition coefficient (Wildman–Crippen LogP) is 1.28. The monoisotopic (exact) mass is 324 g/mol. The van der Waals surface area contributed by atoms with Crippen LogP contribution in [-0.2, 0) is 0 Å². The zero-order valence-electron chi connectivity index (χ0n) is 13.6. The first-order valence-corrected chi connectivity index (χ1v) is 8.21. The van der Waals surface area contributed by atoms with E-state index in [-0.39, 0.29) is 0 Å². The number of hydrogen-bond donors (Lipinski definition) is 1. The van der Waals surface area contributed by atoms with Gasteiger partial charge in [-0.15, -0.1) is 0 Å². The average molecular weight is 324 g/mol. The summed E-state index contributed by atoms with van der Waals surface area (Å²) in [4.78, 5) is 18.1. The Kier molecular flexibility index (Phi) is 3.86. The van der Waals surface area contributed by atoms with E-state index in [9.17, 15) is 0 Å². The van der Waals surface area contributed by atoms with E-state index in [1.165, 1.54) is 0 Å². The van der Waals surface area contributed by atoms with E-state index in [0.717, 1.165) is 50.0 Å². The summed E-state index contributed by atoms with van der Waals surface area (Å²) >= 11 is 0. The number of nitrogens with one attached hydrogen (secondary N) is 1. The topological polar surface area (TPSA) is 74.5 Å². The van der Waals surface area contributed by atoms with Gasteiger partial charge in [-0.1, -0.05) is 0 Å². The molecule has 1 aliphatic rings. The van der Waals surface area contributed by atoms with Gasteiger partial charge in [-0.2, -0.15) is 10.1 Å². The smallest absolute Gasteiger partial charge is 0.224 e. The van der Waals surface area contributed by atoms with E-state index < -0.39 is 0 Å². The minimum absolute atomic E-state index is 0.685. The summed E-state index contributed by atoms with van der Waals surface area (Å²) in [5.41, 5.74) is 0.876. The van der Waals surface area contributed by atoms with Crippen LogP contribution in [0, 0.1) is 0 Å². The van der Waals surface area contributed by atoms with Crippen LogP contribution in [0.2, 0.25) is 0 Å². The number of fused-ring (bicyclic) bond motifs is 1. The van der Waals surface area contributed by atoms with E-state index in [2.05, 4.69) is 35.2 Å². The standard InChI is InChI=1S/C16H20N8/c1-2-17-16-18-6-3-13(21-16)22-9-11-23(12-10-22)14-5-8-24-15(20-14)4-7-19-24/h3-8H,2,9-12H2,1H3,(H,17,18,21). The maximum absolute atomic E-state index is 4.67. The van der Waals surface area contributed by atoms with Gasteiger partial charge < -0.3 is 15.1 Å². The van der Waals surface area contributed by atoms with Crippen molar-refractivity contribution >= 4 is 23.2 Å². The highest BCUT2D eigenvalue weighted by Gasteiger charge is 2.19. The first kappa shape index (κ1) is 14.7. The third kappa shape index (κ3) is 2.82. The van der Waals surface area contributed by atoms with E-state index in [1.54, 1.807) is 10.7 Å². The maximum Gasteiger partial charge on any atom is 0.224 e. The zero-order chi connectivity index (χ0) is 16.4. The molecule has 0 saturated carbocycles. The summed E-state index contributed by atoms with van der Waals surface area (Å²) in [6.07, 6.45) is 5.53. The second kappa shape index (κ2) is 6.31. The van der Waals surface area contributed by atoms with Crippen molar-refractivity contribution in [1.82, 2.24) is 24.6 Å². The molecule has 0 spiro atoms. The molecule has 0 radical (unpaired) electrons. The highest BCUT2D eigenvalue weighted by Crippen LogP contribution is 2.18. The molecule has 24 heavy (non-hydrogen) atoms. The summed E-state index contributed by atoms with van der Waals surface area (Å²) in [6.45, 7) is 6.51. The van der Waals surface area contributed by atoms with Gasteiger partial charge in [0.25, 0.3) is 0 Å². The predicted molar refractivity (Wildman–Crippen MR) is 93.6 cm³/mol. The Labute approximate surface area is 140 Å². The third-order valence-corrected chi connectivity index (χ3v) is 4.15. The number of hydrogen-bond acceptors (Lipinski definition) is 7. The molecule has 0 bridgehead atoms. The van der Waals surface area contributed by atoms with Crippen LogP contribution in [0.4, 0.5) is 17.6 Å². The molecule has 124 valence electrons. The SMILES string of the molecule is CCNc1nccc(N2CCN(c3ccn4nccc4n3)CC2)n1. The van der Waals surface area contributed by atoms with E-state index >= 15 is 0 Å². The number of anilines is 3. The molecule has 1 aliphatic heterocycles. The van der Waals surface area contributed by atoms with Crippen LogP contribution in [0.25, 0.3) is 5.65 Å². The van der Waals surface area contributed by atoms with Crippen molar-refractivity contribution in [2.24, 2.45) is 0 Å². The molecule has 8 nitrogen and oxygen atoms in total. The highest BCUT2D eigenvalue weighted by molar-refractivity contribution is 5.50. The quantitative estimate of drug-likeness (QED) is 0.775. The summed E-state index contributed by atoms with van der Waals surface area (Å²) < 4.78 is 1.78. The summed E-state index contributed by atoms with van der Waals surface area (Å²) in [6, 6.07) is 5.90. The van der Waals surface area contributed by atoms with Gasteiger partial charge in [0.15, 0.2) is 5.65 Å². The summed E-state index contributed by atoms with van der Waals surface area (Å²) in [7, 11) is 0. The normalized spacial score (nSPS) is 15.0. The second-order valence-electron chi connectivity index (χ2n) is 5.66. The highest BCUT2D eigenvalue weighted by atomic mass is 15.3. The summed E-state index contributed by atoms with van der Waals surface area (Å²) in [5.74, 6) is 2.66. The molecule has 4 rings (SSSR count). The van der Waals surface area contributed by atoms with Crippen LogP contribution in [0.3, 0.4) is 0 Å². The molecule has 0 aliphatic carbocycles. The Morgan fingerprint density at radius 3 is 2.46 bits per heavy atom. The van der Waals surface area contributed by atoms with Crippen LogP contribution < -0.4 is 15.1 Å². The Balaban J connectivity index is 1.45. The van der Waals surface area contributed by atoms with Gasteiger partial charge in [0.1, 0.15) is 11.6 Å². The molecule has 0 amide bonds. The Bertz CT molecular complexity index is 822. The molecular formula is C16H20N8. The summed E-state index contributed by atoms with van der Waals surface area (Å²) in [5, 5.41) is 7.35. The van der Waals surface area contributed by atoms with Crippen molar-refractivity contribution in [3.8, 4) is 0 Å². The second-order valence-corrected chi connectivity index (χ2v) is 5.66. The molecule has 3 aromatic rings. The lowest BCUT2D eigenvalue weighted by atomic mass is 10.3. The minimum Gasteiger partial charge on any atom is -0.354 e. The van der Waals surface area contributed by atoms with E-state index in [1.807, 2.05) is 37.5 Å².